The number of alkyl halides is 3. The number of nitrogens with zero attached hydrogens (tertiary/aromatic N) is 5. The van der Waals surface area contributed by atoms with E-state index in [1.807, 2.05) is 6.07 Å². The number of ether oxygens (including phenoxy) is 1. The molecule has 168 valence electrons. The lowest BCUT2D eigenvalue weighted by Gasteiger charge is -2.23. The minimum atomic E-state index is -4.97. The van der Waals surface area contributed by atoms with Gasteiger partial charge in [0.25, 0.3) is 17.7 Å². The summed E-state index contributed by atoms with van der Waals surface area (Å²) in [6.07, 6.45) is -4.69. The number of carbonyl (C=O) groups excluding carboxylic acids is 2. The van der Waals surface area contributed by atoms with E-state index in [0.717, 1.165) is 0 Å². The molecule has 0 bridgehead atoms. The Bertz CT molecular complexity index is 1120. The zero-order valence-corrected chi connectivity index (χ0v) is 17.6. The van der Waals surface area contributed by atoms with Crippen LogP contribution in [0.5, 0.6) is 11.6 Å². The second-order valence-electron chi connectivity index (χ2n) is 8.02. The molecule has 1 saturated heterocycles. The third-order valence-electron chi connectivity index (χ3n) is 4.66. The van der Waals surface area contributed by atoms with E-state index in [1.165, 1.54) is 18.2 Å². The van der Waals surface area contributed by atoms with E-state index in [4.69, 9.17) is 10.00 Å². The number of anilines is 1. The summed E-state index contributed by atoms with van der Waals surface area (Å²) in [7, 11) is 0. The van der Waals surface area contributed by atoms with Gasteiger partial charge < -0.3 is 10.1 Å². The van der Waals surface area contributed by atoms with Gasteiger partial charge in [-0.2, -0.15) is 28.3 Å². The van der Waals surface area contributed by atoms with Gasteiger partial charge in [-0.3, -0.25) is 4.79 Å². The summed E-state index contributed by atoms with van der Waals surface area (Å²) < 4.78 is 46.2. The van der Waals surface area contributed by atoms with Gasteiger partial charge >= 0.3 is 12.2 Å². The third kappa shape index (κ3) is 4.32. The number of amides is 3. The predicted molar refractivity (Wildman–Crippen MR) is 105 cm³/mol. The number of hydrogen-bond acceptors (Lipinski definition) is 7. The van der Waals surface area contributed by atoms with Crippen LogP contribution in [0.15, 0.2) is 18.2 Å². The molecule has 2 aromatic rings. The van der Waals surface area contributed by atoms with Crippen LogP contribution in [0, 0.1) is 11.3 Å². The van der Waals surface area contributed by atoms with Crippen LogP contribution in [0.3, 0.4) is 0 Å². The van der Waals surface area contributed by atoms with Gasteiger partial charge in [0.05, 0.1) is 11.6 Å². The molecular weight excluding hydrogens is 429 g/mol. The summed E-state index contributed by atoms with van der Waals surface area (Å²) in [6, 6.07) is 4.49. The average molecular weight is 448 g/mol. The van der Waals surface area contributed by atoms with E-state index >= 15 is 0 Å². The molecule has 1 aliphatic rings. The van der Waals surface area contributed by atoms with E-state index in [1.54, 1.807) is 27.7 Å². The van der Waals surface area contributed by atoms with Crippen LogP contribution < -0.4 is 15.0 Å². The number of aromatic nitrogens is 3. The molecule has 0 spiro atoms. The van der Waals surface area contributed by atoms with Crippen LogP contribution in [0.25, 0.3) is 0 Å². The molecule has 2 heterocycles. The SMILES string of the molecule is CC[C@H]1NC(=O)N(c2nnc(C(F)(F)F)c(Oc3ccc(C#N)cc3C(C)(C)C)n2)C1=O. The monoisotopic (exact) mass is 448 g/mol. The van der Waals surface area contributed by atoms with E-state index in [9.17, 15) is 22.8 Å². The molecule has 32 heavy (non-hydrogen) atoms. The van der Waals surface area contributed by atoms with Crippen molar-refractivity contribution in [2.24, 2.45) is 0 Å². The molecule has 0 saturated carbocycles. The molecule has 1 aromatic carbocycles. The lowest BCUT2D eigenvalue weighted by molar-refractivity contribution is -0.143. The fraction of sp³-hybridized carbons (Fsp3) is 0.400. The van der Waals surface area contributed by atoms with Crippen molar-refractivity contribution in [1.29, 1.82) is 5.26 Å². The van der Waals surface area contributed by atoms with Gasteiger partial charge in [0.15, 0.2) is 0 Å². The molecule has 12 heteroatoms. The summed E-state index contributed by atoms with van der Waals surface area (Å²) in [4.78, 5) is 28.8. The number of nitriles is 1. The third-order valence-corrected chi connectivity index (χ3v) is 4.66. The molecule has 1 aromatic heterocycles. The molecule has 0 aliphatic carbocycles. The smallest absolute Gasteiger partial charge is 0.437 e. The highest BCUT2D eigenvalue weighted by molar-refractivity contribution is 6.20. The van der Waals surface area contributed by atoms with Gasteiger partial charge in [-0.15, -0.1) is 10.2 Å². The summed E-state index contributed by atoms with van der Waals surface area (Å²) in [6.45, 7) is 7.04. The van der Waals surface area contributed by atoms with Crippen LogP contribution in [0.4, 0.5) is 23.9 Å². The molecular formula is C20H19F3N6O3. The Balaban J connectivity index is 2.12. The molecule has 0 unspecified atom stereocenters. The van der Waals surface area contributed by atoms with Gasteiger partial charge in [0, 0.05) is 5.56 Å². The molecule has 0 radical (unpaired) electrons. The number of carbonyl (C=O) groups is 2. The Kier molecular flexibility index (Phi) is 5.78. The minimum absolute atomic E-state index is 0.0112. The number of urea groups is 1. The zero-order chi connectivity index (χ0) is 23.8. The fourth-order valence-corrected chi connectivity index (χ4v) is 3.02. The van der Waals surface area contributed by atoms with Crippen molar-refractivity contribution in [3.8, 4) is 17.7 Å². The number of nitrogens with one attached hydrogen (secondary N) is 1. The first-order valence-electron chi connectivity index (χ1n) is 9.55. The molecule has 3 amide bonds. The Labute approximate surface area is 181 Å². The molecule has 3 rings (SSSR count). The zero-order valence-electron chi connectivity index (χ0n) is 17.6. The topological polar surface area (TPSA) is 121 Å². The van der Waals surface area contributed by atoms with E-state index in [0.29, 0.717) is 16.0 Å². The normalized spacial score (nSPS) is 16.7. The van der Waals surface area contributed by atoms with Crippen molar-refractivity contribution in [1.82, 2.24) is 20.5 Å². The number of benzene rings is 1. The first-order valence-corrected chi connectivity index (χ1v) is 9.55. The first kappa shape index (κ1) is 22.9. The van der Waals surface area contributed by atoms with Crippen LogP contribution in [0.2, 0.25) is 0 Å². The van der Waals surface area contributed by atoms with Gasteiger partial charge in [-0.1, -0.05) is 27.7 Å². The number of hydrogen-bond donors (Lipinski definition) is 1. The maximum absolute atomic E-state index is 13.6. The molecule has 9 nitrogen and oxygen atoms in total. The Morgan fingerprint density at radius 3 is 2.44 bits per heavy atom. The van der Waals surface area contributed by atoms with Gasteiger partial charge in [-0.25, -0.2) is 4.79 Å². The van der Waals surface area contributed by atoms with Gasteiger partial charge in [0.1, 0.15) is 11.8 Å². The maximum Gasteiger partial charge on any atom is 0.440 e. The Hall–Kier alpha value is -3.75. The summed E-state index contributed by atoms with van der Waals surface area (Å²) in [5.74, 6) is -2.31. The van der Waals surface area contributed by atoms with Crippen LogP contribution in [-0.4, -0.2) is 33.2 Å². The Morgan fingerprint density at radius 2 is 1.91 bits per heavy atom. The van der Waals surface area contributed by atoms with Crippen molar-refractivity contribution in [3.63, 3.8) is 0 Å². The predicted octanol–water partition coefficient (Wildman–Crippen LogP) is 3.69. The standard InChI is InChI=1S/C20H19F3N6O3/c1-5-12-16(30)29(18(31)25-12)17-26-15(14(27-28-17)20(21,22)23)32-13-7-6-10(9-24)8-11(13)19(2,3)4/h6-8,12H,5H2,1-4H3,(H,25,31)/t12-/m1/s1. The maximum atomic E-state index is 13.6. The second-order valence-corrected chi connectivity index (χ2v) is 8.02. The van der Waals surface area contributed by atoms with Crippen molar-refractivity contribution < 1.29 is 27.5 Å². The van der Waals surface area contributed by atoms with E-state index < -0.39 is 47.1 Å². The van der Waals surface area contributed by atoms with Crippen molar-refractivity contribution in [2.45, 2.75) is 51.7 Å². The van der Waals surface area contributed by atoms with Crippen LogP contribution >= 0.6 is 0 Å². The van der Waals surface area contributed by atoms with Crippen molar-refractivity contribution in [2.75, 3.05) is 4.90 Å². The summed E-state index contributed by atoms with van der Waals surface area (Å²) in [5, 5.41) is 18.0. The quantitative estimate of drug-likeness (QED) is 0.708. The van der Waals surface area contributed by atoms with Crippen molar-refractivity contribution >= 4 is 17.9 Å². The molecule has 1 atom stereocenters. The van der Waals surface area contributed by atoms with Crippen LogP contribution in [-0.2, 0) is 16.4 Å². The van der Waals surface area contributed by atoms with Crippen LogP contribution in [0.1, 0.15) is 50.9 Å². The van der Waals surface area contributed by atoms with Gasteiger partial charge in [0.2, 0.25) is 5.69 Å². The number of rotatable bonds is 4. The molecule has 1 N–H and O–H groups in total. The van der Waals surface area contributed by atoms with E-state index in [2.05, 4.69) is 20.5 Å². The molecule has 1 fully saturated rings. The summed E-state index contributed by atoms with van der Waals surface area (Å²) >= 11 is 0. The van der Waals surface area contributed by atoms with Gasteiger partial charge in [-0.05, 0) is 30.0 Å². The lowest BCUT2D eigenvalue weighted by Crippen LogP contribution is -2.33. The summed E-state index contributed by atoms with van der Waals surface area (Å²) in [5.41, 5.74) is -1.37. The second kappa shape index (κ2) is 8.07. The highest BCUT2D eigenvalue weighted by Crippen LogP contribution is 2.39. The highest BCUT2D eigenvalue weighted by atomic mass is 19.4. The largest absolute Gasteiger partial charge is 0.440 e. The number of imide groups is 1. The average Bonchev–Trinajstić information content (AvgIpc) is 2.99. The Morgan fingerprint density at radius 1 is 1.22 bits per heavy atom. The minimum Gasteiger partial charge on any atom is -0.437 e. The first-order chi connectivity index (χ1) is 14.9. The fourth-order valence-electron chi connectivity index (χ4n) is 3.02. The number of halogens is 3. The van der Waals surface area contributed by atoms with E-state index in [-0.39, 0.29) is 12.2 Å². The lowest BCUT2D eigenvalue weighted by atomic mass is 9.85. The molecule has 1 aliphatic heterocycles. The van der Waals surface area contributed by atoms with Crippen molar-refractivity contribution in [3.05, 3.63) is 35.0 Å². The highest BCUT2D eigenvalue weighted by Gasteiger charge is 2.43.